The Balaban J connectivity index is -0.000000454. The number of hydrogen-bond acceptors (Lipinski definition) is 9. The number of aliphatic hydroxyl groups excluding tert-OH is 1. The molecule has 0 atom stereocenters. The van der Waals surface area contributed by atoms with Gasteiger partial charge in [0.2, 0.25) is 5.91 Å². The maximum absolute atomic E-state index is 11.1. The molecule has 0 heterocycles. The molecule has 0 unspecified atom stereocenters. The number of thioether (sulfide) groups is 2. The Morgan fingerprint density at radius 3 is 2.37 bits per heavy atom. The zero-order valence-corrected chi connectivity index (χ0v) is 17.7. The SMILES string of the molecule is C.C#CCCC(=O)NCCSSCCC(=O)O.O=CCSCNCSCO. The predicted octanol–water partition coefficient (Wildman–Crippen LogP) is 2.11. The van der Waals surface area contributed by atoms with E-state index in [9.17, 15) is 14.4 Å². The highest BCUT2D eigenvalue weighted by Crippen LogP contribution is 2.20. The second kappa shape index (κ2) is 27.7. The van der Waals surface area contributed by atoms with Crippen LogP contribution < -0.4 is 10.6 Å². The summed E-state index contributed by atoms with van der Waals surface area (Å²) in [5.41, 5.74) is 0. The molecule has 7 nitrogen and oxygen atoms in total. The van der Waals surface area contributed by atoms with Crippen molar-refractivity contribution in [3.05, 3.63) is 0 Å². The third kappa shape index (κ3) is 33.5. The molecule has 27 heavy (non-hydrogen) atoms. The number of carbonyl (C=O) groups is 3. The molecule has 1 amide bonds. The number of aliphatic carboxylic acids is 1. The van der Waals surface area contributed by atoms with Gasteiger partial charge in [0, 0.05) is 42.6 Å². The topological polar surface area (TPSA) is 116 Å². The van der Waals surface area contributed by atoms with Crippen LogP contribution in [0.4, 0.5) is 0 Å². The molecule has 0 aliphatic rings. The first-order chi connectivity index (χ1) is 12.6. The van der Waals surface area contributed by atoms with Crippen molar-refractivity contribution in [2.75, 3.05) is 41.5 Å². The van der Waals surface area contributed by atoms with Crippen molar-refractivity contribution in [2.24, 2.45) is 0 Å². The number of carboxylic acid groups (broad SMARTS) is 1. The van der Waals surface area contributed by atoms with Crippen molar-refractivity contribution in [3.63, 3.8) is 0 Å². The largest absolute Gasteiger partial charge is 0.481 e. The molecule has 0 saturated carbocycles. The van der Waals surface area contributed by atoms with E-state index in [0.717, 1.165) is 23.8 Å². The van der Waals surface area contributed by atoms with Crippen LogP contribution in [-0.2, 0) is 14.4 Å². The molecule has 0 radical (unpaired) electrons. The molecule has 0 aliphatic heterocycles. The minimum Gasteiger partial charge on any atom is -0.481 e. The zero-order chi connectivity index (χ0) is 19.9. The number of nitrogens with one attached hydrogen (secondary N) is 2. The van der Waals surface area contributed by atoms with E-state index in [2.05, 4.69) is 16.6 Å². The fourth-order valence-corrected chi connectivity index (χ4v) is 3.91. The zero-order valence-electron chi connectivity index (χ0n) is 14.5. The van der Waals surface area contributed by atoms with Crippen molar-refractivity contribution >= 4 is 63.3 Å². The number of aliphatic hydroxyl groups is 1. The molecule has 0 aromatic heterocycles. The number of amides is 1. The molecule has 158 valence electrons. The molecular formula is C16H30N2O5S4. The van der Waals surface area contributed by atoms with Crippen LogP contribution >= 0.6 is 45.1 Å². The lowest BCUT2D eigenvalue weighted by atomic mass is 10.3. The van der Waals surface area contributed by atoms with Gasteiger partial charge in [-0.25, -0.2) is 0 Å². The number of carbonyl (C=O) groups excluding carboxylic acids is 2. The Labute approximate surface area is 178 Å². The smallest absolute Gasteiger partial charge is 0.304 e. The van der Waals surface area contributed by atoms with E-state index in [1.165, 1.54) is 34.3 Å². The molecule has 0 aromatic carbocycles. The van der Waals surface area contributed by atoms with E-state index >= 15 is 0 Å². The molecule has 0 spiro atoms. The second-order valence-corrected chi connectivity index (χ2v) is 8.94. The van der Waals surface area contributed by atoms with Gasteiger partial charge < -0.3 is 20.3 Å². The summed E-state index contributed by atoms with van der Waals surface area (Å²) in [5.74, 6) is 5.14. The summed E-state index contributed by atoms with van der Waals surface area (Å²) >= 11 is 2.94. The molecule has 4 N–H and O–H groups in total. The molecule has 11 heteroatoms. The lowest BCUT2D eigenvalue weighted by Gasteiger charge is -2.02. The van der Waals surface area contributed by atoms with Gasteiger partial charge in [0.15, 0.2) is 0 Å². The highest BCUT2D eigenvalue weighted by molar-refractivity contribution is 8.76. The maximum atomic E-state index is 11.1. The highest BCUT2D eigenvalue weighted by Gasteiger charge is 1.99. The van der Waals surface area contributed by atoms with Gasteiger partial charge in [-0.3, -0.25) is 14.9 Å². The molecule has 0 fully saturated rings. The van der Waals surface area contributed by atoms with Gasteiger partial charge in [0.1, 0.15) is 6.29 Å². The number of rotatable bonds is 16. The fourth-order valence-electron chi connectivity index (χ4n) is 1.09. The van der Waals surface area contributed by atoms with Crippen LogP contribution in [0.3, 0.4) is 0 Å². The predicted molar refractivity (Wildman–Crippen MR) is 121 cm³/mol. The third-order valence-electron chi connectivity index (χ3n) is 2.17. The van der Waals surface area contributed by atoms with Crippen molar-refractivity contribution in [1.82, 2.24) is 10.6 Å². The standard InChI is InChI=1S/C10H15NO3S2.C5H11NO2S2.CH4/c1-2-3-4-9(12)11-6-8-16-15-7-5-10(13)14;7-1-2-9-3-6-4-10-5-8;/h1H,3-8H2,(H,11,12)(H,13,14);1,6,8H,2-5H2;1H4. The Bertz CT molecular complexity index is 409. The lowest BCUT2D eigenvalue weighted by Crippen LogP contribution is -2.25. The summed E-state index contributed by atoms with van der Waals surface area (Å²) in [6, 6.07) is 0. The van der Waals surface area contributed by atoms with Gasteiger partial charge >= 0.3 is 5.97 Å². The Morgan fingerprint density at radius 1 is 1.11 bits per heavy atom. The Morgan fingerprint density at radius 2 is 1.78 bits per heavy atom. The molecule has 0 aliphatic carbocycles. The van der Waals surface area contributed by atoms with E-state index in [1.54, 1.807) is 10.8 Å². The normalized spacial score (nSPS) is 9.19. The van der Waals surface area contributed by atoms with E-state index in [4.69, 9.17) is 16.6 Å². The monoisotopic (exact) mass is 458 g/mol. The number of terminal acetylenes is 1. The van der Waals surface area contributed by atoms with Crippen molar-refractivity contribution in [3.8, 4) is 12.3 Å². The number of aldehydes is 1. The van der Waals surface area contributed by atoms with Gasteiger partial charge in [0.25, 0.3) is 0 Å². The molecule has 0 bridgehead atoms. The van der Waals surface area contributed by atoms with E-state index in [-0.39, 0.29) is 25.7 Å². The first-order valence-electron chi connectivity index (χ1n) is 7.65. The average molecular weight is 459 g/mol. The summed E-state index contributed by atoms with van der Waals surface area (Å²) in [5, 5.41) is 22.5. The first-order valence-corrected chi connectivity index (χ1v) is 12.4. The maximum Gasteiger partial charge on any atom is 0.304 e. The van der Waals surface area contributed by atoms with Gasteiger partial charge in [-0.15, -0.1) is 35.9 Å². The van der Waals surface area contributed by atoms with Gasteiger partial charge in [-0.1, -0.05) is 29.0 Å². The molecule has 0 aromatic rings. The van der Waals surface area contributed by atoms with Gasteiger partial charge in [0.05, 0.1) is 18.1 Å². The summed E-state index contributed by atoms with van der Waals surface area (Å²) < 4.78 is 0. The van der Waals surface area contributed by atoms with Crippen LogP contribution in [0.5, 0.6) is 0 Å². The lowest BCUT2D eigenvalue weighted by molar-refractivity contribution is -0.136. The Hall–Kier alpha value is -0.510. The van der Waals surface area contributed by atoms with E-state index in [0.29, 0.717) is 30.9 Å². The first kappa shape index (κ1) is 31.2. The number of carboxylic acids is 1. The summed E-state index contributed by atoms with van der Waals surface area (Å²) in [7, 11) is 3.06. The Kier molecular flexibility index (Phi) is 32.0. The fraction of sp³-hybridized carbons (Fsp3) is 0.688. The minimum absolute atomic E-state index is 0. The molecule has 0 rings (SSSR count). The minimum atomic E-state index is -0.782. The summed E-state index contributed by atoms with van der Waals surface area (Å²) in [6.45, 7) is 0.591. The second-order valence-electron chi connectivity index (χ2n) is 4.25. The molecule has 0 saturated heterocycles. The quantitative estimate of drug-likeness (QED) is 0.0901. The van der Waals surface area contributed by atoms with Gasteiger partial charge in [-0.05, 0) is 0 Å². The van der Waals surface area contributed by atoms with Crippen molar-refractivity contribution in [2.45, 2.75) is 26.7 Å². The van der Waals surface area contributed by atoms with Crippen LogP contribution in [0.2, 0.25) is 0 Å². The van der Waals surface area contributed by atoms with Crippen LogP contribution in [0.15, 0.2) is 0 Å². The highest BCUT2D eigenvalue weighted by atomic mass is 33.1. The number of hydrogen-bond donors (Lipinski definition) is 4. The van der Waals surface area contributed by atoms with Crippen LogP contribution in [-0.4, -0.2) is 69.9 Å². The summed E-state index contributed by atoms with van der Waals surface area (Å²) in [6.07, 6.45) is 6.91. The molecular weight excluding hydrogens is 428 g/mol. The third-order valence-corrected chi connectivity index (χ3v) is 5.95. The van der Waals surface area contributed by atoms with Crippen molar-refractivity contribution in [1.29, 1.82) is 0 Å². The summed E-state index contributed by atoms with van der Waals surface area (Å²) in [4.78, 5) is 31.1. The van der Waals surface area contributed by atoms with Gasteiger partial charge in [-0.2, -0.15) is 0 Å². The van der Waals surface area contributed by atoms with Crippen LogP contribution in [0, 0.1) is 12.3 Å². The van der Waals surface area contributed by atoms with Crippen molar-refractivity contribution < 1.29 is 24.6 Å². The van der Waals surface area contributed by atoms with Crippen LogP contribution in [0.1, 0.15) is 26.7 Å². The average Bonchev–Trinajstić information content (AvgIpc) is 2.62. The van der Waals surface area contributed by atoms with E-state index in [1.807, 2.05) is 0 Å². The van der Waals surface area contributed by atoms with E-state index < -0.39 is 5.97 Å². The van der Waals surface area contributed by atoms with Crippen LogP contribution in [0.25, 0.3) is 0 Å².